The van der Waals surface area contributed by atoms with Crippen molar-refractivity contribution in [2.24, 2.45) is 0 Å². The number of carbonyl (C=O) groups is 2. The normalized spacial score (nSPS) is 24.8. The number of amides is 1. The summed E-state index contributed by atoms with van der Waals surface area (Å²) in [6.45, 7) is 0.790. The average molecular weight is 387 g/mol. The van der Waals surface area contributed by atoms with Crippen LogP contribution >= 0.6 is 11.6 Å². The maximum atomic E-state index is 13.4. The van der Waals surface area contributed by atoms with Gasteiger partial charge in [-0.25, -0.2) is 14.2 Å². The molecule has 3 aliphatic rings. The van der Waals surface area contributed by atoms with Gasteiger partial charge in [0.1, 0.15) is 5.82 Å². The molecule has 7 heteroatoms. The molecule has 5 nitrogen and oxygen atoms in total. The van der Waals surface area contributed by atoms with Crippen molar-refractivity contribution in [1.29, 1.82) is 0 Å². The van der Waals surface area contributed by atoms with E-state index in [9.17, 15) is 14.0 Å². The van der Waals surface area contributed by atoms with Crippen molar-refractivity contribution < 1.29 is 18.7 Å². The number of fused-ring (bicyclic) bond motifs is 2. The minimum Gasteiger partial charge on any atom is -0.447 e. The van der Waals surface area contributed by atoms with Crippen LogP contribution in [-0.4, -0.2) is 34.8 Å². The number of nitrogens with zero attached hydrogens (tertiary/aromatic N) is 2. The molecule has 1 aliphatic carbocycles. The third-order valence-electron chi connectivity index (χ3n) is 5.91. The highest BCUT2D eigenvalue weighted by Crippen LogP contribution is 2.53. The quantitative estimate of drug-likeness (QED) is 0.744. The molecule has 2 fully saturated rings. The molecule has 0 bridgehead atoms. The molecule has 2 aromatic rings. The van der Waals surface area contributed by atoms with Crippen molar-refractivity contribution in [1.82, 2.24) is 9.88 Å². The molecular formula is C20H16ClFN2O3. The van der Waals surface area contributed by atoms with Gasteiger partial charge in [-0.2, -0.15) is 0 Å². The fourth-order valence-corrected chi connectivity index (χ4v) is 4.73. The van der Waals surface area contributed by atoms with Crippen LogP contribution in [0.15, 0.2) is 36.5 Å². The molecule has 1 spiro atoms. The maximum absolute atomic E-state index is 13.4. The van der Waals surface area contributed by atoms with E-state index in [1.807, 2.05) is 6.07 Å². The number of rotatable bonds is 2. The van der Waals surface area contributed by atoms with Gasteiger partial charge >= 0.3 is 5.97 Å². The smallest absolute Gasteiger partial charge is 0.358 e. The van der Waals surface area contributed by atoms with Crippen LogP contribution in [0.1, 0.15) is 40.9 Å². The number of esters is 1. The summed E-state index contributed by atoms with van der Waals surface area (Å²) >= 11 is 6.22. The molecule has 1 atom stereocenters. The SMILES string of the molecule is O=C1OC2(CCN(C(=O)C3(c4ccc(F)cc4Cl)CC3)C2)c2cccnc21. The van der Waals surface area contributed by atoms with E-state index >= 15 is 0 Å². The lowest BCUT2D eigenvalue weighted by Gasteiger charge is -2.27. The van der Waals surface area contributed by atoms with Crippen LogP contribution in [0.3, 0.4) is 0 Å². The summed E-state index contributed by atoms with van der Waals surface area (Å²) in [4.78, 5) is 31.4. The Balaban J connectivity index is 1.44. The van der Waals surface area contributed by atoms with Gasteiger partial charge in [-0.3, -0.25) is 4.79 Å². The fourth-order valence-electron chi connectivity index (χ4n) is 4.38. The second-order valence-electron chi connectivity index (χ2n) is 7.47. The highest BCUT2D eigenvalue weighted by Gasteiger charge is 2.58. The van der Waals surface area contributed by atoms with Crippen LogP contribution in [0.25, 0.3) is 0 Å². The molecule has 0 N–H and O–H groups in total. The molecule has 1 unspecified atom stereocenters. The molecule has 27 heavy (non-hydrogen) atoms. The summed E-state index contributed by atoms with van der Waals surface area (Å²) in [5.74, 6) is -0.905. The molecule has 1 amide bonds. The zero-order valence-electron chi connectivity index (χ0n) is 14.4. The Bertz CT molecular complexity index is 991. The first-order chi connectivity index (χ1) is 13.0. The summed E-state index contributed by atoms with van der Waals surface area (Å²) < 4.78 is 19.1. The maximum Gasteiger partial charge on any atom is 0.358 e. The lowest BCUT2D eigenvalue weighted by molar-refractivity contribution is -0.134. The number of halogens is 2. The molecule has 1 saturated carbocycles. The molecule has 1 aromatic heterocycles. The van der Waals surface area contributed by atoms with E-state index in [2.05, 4.69) is 4.98 Å². The van der Waals surface area contributed by atoms with E-state index in [-0.39, 0.29) is 10.9 Å². The van der Waals surface area contributed by atoms with Gasteiger partial charge in [-0.05, 0) is 36.6 Å². The third kappa shape index (κ3) is 2.32. The van der Waals surface area contributed by atoms with Crippen molar-refractivity contribution in [3.05, 3.63) is 64.2 Å². The molecule has 1 aromatic carbocycles. The van der Waals surface area contributed by atoms with Crippen molar-refractivity contribution in [2.45, 2.75) is 30.3 Å². The van der Waals surface area contributed by atoms with Crippen LogP contribution in [0.4, 0.5) is 4.39 Å². The number of hydrogen-bond donors (Lipinski definition) is 0. The Kier molecular flexibility index (Phi) is 3.41. The van der Waals surface area contributed by atoms with Crippen LogP contribution in [0.2, 0.25) is 5.02 Å². The van der Waals surface area contributed by atoms with Crippen molar-refractivity contribution in [3.63, 3.8) is 0 Å². The first kappa shape index (κ1) is 16.7. The predicted molar refractivity (Wildman–Crippen MR) is 94.8 cm³/mol. The van der Waals surface area contributed by atoms with Gasteiger partial charge in [0.05, 0.1) is 12.0 Å². The van der Waals surface area contributed by atoms with Crippen molar-refractivity contribution >= 4 is 23.5 Å². The predicted octanol–water partition coefficient (Wildman–Crippen LogP) is 3.20. The summed E-state index contributed by atoms with van der Waals surface area (Å²) in [5.41, 5.74) is 0.224. The second kappa shape index (κ2) is 5.52. The van der Waals surface area contributed by atoms with Crippen LogP contribution in [-0.2, 0) is 20.5 Å². The van der Waals surface area contributed by atoms with Gasteiger partial charge in [0, 0.05) is 29.7 Å². The Morgan fingerprint density at radius 2 is 2.04 bits per heavy atom. The van der Waals surface area contributed by atoms with E-state index in [0.717, 1.165) is 5.56 Å². The molecule has 138 valence electrons. The summed E-state index contributed by atoms with van der Waals surface area (Å²) in [6, 6.07) is 7.79. The minimum atomic E-state index is -0.820. The van der Waals surface area contributed by atoms with Gasteiger partial charge in [-0.15, -0.1) is 0 Å². The standard InChI is InChI=1S/C20H16ClFN2O3/c21-15-10-12(22)3-4-13(15)19(5-6-19)18(26)24-9-7-20(11-24)14-2-1-8-23-16(14)17(25)27-20/h1-4,8,10H,5-7,9,11H2. The molecule has 2 aliphatic heterocycles. The number of carbonyl (C=O) groups excluding carboxylic acids is 2. The van der Waals surface area contributed by atoms with E-state index in [1.54, 1.807) is 23.2 Å². The number of likely N-dealkylation sites (tertiary alicyclic amines) is 1. The van der Waals surface area contributed by atoms with Gasteiger partial charge in [0.15, 0.2) is 11.3 Å². The third-order valence-corrected chi connectivity index (χ3v) is 6.22. The summed E-state index contributed by atoms with van der Waals surface area (Å²) in [5, 5.41) is 0.275. The van der Waals surface area contributed by atoms with Crippen LogP contribution in [0.5, 0.6) is 0 Å². The van der Waals surface area contributed by atoms with E-state index in [0.29, 0.717) is 43.6 Å². The minimum absolute atomic E-state index is 0.0405. The van der Waals surface area contributed by atoms with Gasteiger partial charge in [0.2, 0.25) is 5.91 Å². The first-order valence-electron chi connectivity index (χ1n) is 8.89. The number of pyridine rings is 1. The zero-order valence-corrected chi connectivity index (χ0v) is 15.1. The monoisotopic (exact) mass is 386 g/mol. The summed E-state index contributed by atoms with van der Waals surface area (Å²) in [7, 11) is 0. The summed E-state index contributed by atoms with van der Waals surface area (Å²) in [6.07, 6.45) is 3.46. The lowest BCUT2D eigenvalue weighted by Crippen LogP contribution is -2.40. The van der Waals surface area contributed by atoms with Crippen LogP contribution in [0, 0.1) is 5.82 Å². The Morgan fingerprint density at radius 3 is 2.78 bits per heavy atom. The largest absolute Gasteiger partial charge is 0.447 e. The second-order valence-corrected chi connectivity index (χ2v) is 7.87. The van der Waals surface area contributed by atoms with Gasteiger partial charge < -0.3 is 9.64 Å². The fraction of sp³-hybridized carbons (Fsp3) is 0.350. The van der Waals surface area contributed by atoms with Crippen LogP contribution < -0.4 is 0 Å². The molecular weight excluding hydrogens is 371 g/mol. The van der Waals surface area contributed by atoms with Crippen molar-refractivity contribution in [2.75, 3.05) is 13.1 Å². The Morgan fingerprint density at radius 1 is 1.22 bits per heavy atom. The Hall–Kier alpha value is -2.47. The molecule has 0 radical (unpaired) electrons. The topological polar surface area (TPSA) is 59.5 Å². The molecule has 3 heterocycles. The van der Waals surface area contributed by atoms with Gasteiger partial charge in [0.25, 0.3) is 0 Å². The Labute approximate surface area is 160 Å². The zero-order chi connectivity index (χ0) is 18.8. The molecule has 1 saturated heterocycles. The first-order valence-corrected chi connectivity index (χ1v) is 9.27. The van der Waals surface area contributed by atoms with E-state index in [4.69, 9.17) is 16.3 Å². The number of ether oxygens (including phenoxy) is 1. The van der Waals surface area contributed by atoms with E-state index in [1.165, 1.54) is 12.1 Å². The number of hydrogen-bond acceptors (Lipinski definition) is 4. The van der Waals surface area contributed by atoms with Crippen molar-refractivity contribution in [3.8, 4) is 0 Å². The van der Waals surface area contributed by atoms with Gasteiger partial charge in [-0.1, -0.05) is 23.7 Å². The molecule has 5 rings (SSSR count). The average Bonchev–Trinajstić information content (AvgIpc) is 3.27. The highest BCUT2D eigenvalue weighted by molar-refractivity contribution is 6.32. The number of aromatic nitrogens is 1. The lowest BCUT2D eigenvalue weighted by atomic mass is 9.93. The number of benzene rings is 1. The van der Waals surface area contributed by atoms with E-state index < -0.39 is 22.8 Å². The highest BCUT2D eigenvalue weighted by atomic mass is 35.5.